The molecule has 3 atom stereocenters. The number of Topliss-reactive ketones (excluding diaryl/α,β-unsaturated/α-hetero) is 1. The van der Waals surface area contributed by atoms with Crippen molar-refractivity contribution >= 4 is 11.8 Å². The van der Waals surface area contributed by atoms with Crippen LogP contribution in [-0.4, -0.2) is 28.9 Å². The number of aliphatic carboxylic acids is 1. The summed E-state index contributed by atoms with van der Waals surface area (Å²) in [5.74, 6) is -0.472. The summed E-state index contributed by atoms with van der Waals surface area (Å²) >= 11 is 0. The van der Waals surface area contributed by atoms with Gasteiger partial charge in [0.2, 0.25) is 0 Å². The monoisotopic (exact) mass is 227 g/mol. The van der Waals surface area contributed by atoms with Gasteiger partial charge in [-0.2, -0.15) is 0 Å². The van der Waals surface area contributed by atoms with Gasteiger partial charge >= 0.3 is 5.97 Å². The molecule has 0 saturated heterocycles. The lowest BCUT2D eigenvalue weighted by molar-refractivity contribution is -0.139. The number of hydrogen-bond acceptors (Lipinski definition) is 3. The minimum Gasteiger partial charge on any atom is -0.481 e. The Bertz CT molecular complexity index is 265. The average molecular weight is 227 g/mol. The SMILES string of the molecule is CC(=O)C(CC(=O)O)NC1CCCCC1C. The van der Waals surface area contributed by atoms with E-state index in [-0.39, 0.29) is 12.2 Å². The summed E-state index contributed by atoms with van der Waals surface area (Å²) in [6.45, 7) is 3.61. The van der Waals surface area contributed by atoms with Crippen LogP contribution in [0.4, 0.5) is 0 Å². The Kier molecular flexibility index (Phi) is 4.93. The molecular formula is C12H21NO3. The number of carboxylic acids is 1. The molecule has 0 aromatic rings. The van der Waals surface area contributed by atoms with Crippen molar-refractivity contribution in [2.75, 3.05) is 0 Å². The molecule has 0 amide bonds. The van der Waals surface area contributed by atoms with Crippen LogP contribution in [0.5, 0.6) is 0 Å². The third-order valence-corrected chi connectivity index (χ3v) is 3.40. The van der Waals surface area contributed by atoms with Gasteiger partial charge < -0.3 is 10.4 Å². The third kappa shape index (κ3) is 3.93. The van der Waals surface area contributed by atoms with Gasteiger partial charge in [-0.15, -0.1) is 0 Å². The minimum absolute atomic E-state index is 0.0832. The predicted octanol–water partition coefficient (Wildman–Crippen LogP) is 1.59. The van der Waals surface area contributed by atoms with E-state index in [0.29, 0.717) is 12.0 Å². The second-order valence-electron chi connectivity index (χ2n) is 4.80. The molecule has 0 heterocycles. The number of carbonyl (C=O) groups excluding carboxylic acids is 1. The number of hydrogen-bond donors (Lipinski definition) is 2. The zero-order valence-corrected chi connectivity index (χ0v) is 10.0. The van der Waals surface area contributed by atoms with Gasteiger partial charge in [-0.3, -0.25) is 9.59 Å². The van der Waals surface area contributed by atoms with Crippen LogP contribution < -0.4 is 5.32 Å². The summed E-state index contributed by atoms with van der Waals surface area (Å²) < 4.78 is 0. The number of carbonyl (C=O) groups is 2. The normalized spacial score (nSPS) is 27.4. The van der Waals surface area contributed by atoms with Gasteiger partial charge in [0.05, 0.1) is 12.5 Å². The highest BCUT2D eigenvalue weighted by Gasteiger charge is 2.26. The summed E-state index contributed by atoms with van der Waals surface area (Å²) in [6.07, 6.45) is 4.50. The molecule has 0 aliphatic heterocycles. The quantitative estimate of drug-likeness (QED) is 0.748. The Balaban J connectivity index is 2.52. The van der Waals surface area contributed by atoms with Crippen molar-refractivity contribution in [3.8, 4) is 0 Å². The van der Waals surface area contributed by atoms with E-state index in [1.54, 1.807) is 0 Å². The van der Waals surface area contributed by atoms with E-state index in [1.165, 1.54) is 19.8 Å². The molecule has 0 spiro atoms. The van der Waals surface area contributed by atoms with E-state index in [9.17, 15) is 9.59 Å². The van der Waals surface area contributed by atoms with Crippen molar-refractivity contribution in [1.82, 2.24) is 5.32 Å². The molecule has 2 N–H and O–H groups in total. The third-order valence-electron chi connectivity index (χ3n) is 3.40. The first-order chi connectivity index (χ1) is 7.50. The topological polar surface area (TPSA) is 66.4 Å². The van der Waals surface area contributed by atoms with E-state index in [4.69, 9.17) is 5.11 Å². The van der Waals surface area contributed by atoms with Crippen LogP contribution in [0.2, 0.25) is 0 Å². The van der Waals surface area contributed by atoms with Crippen LogP contribution in [0, 0.1) is 5.92 Å². The Hall–Kier alpha value is -0.900. The molecule has 0 aromatic heterocycles. The van der Waals surface area contributed by atoms with E-state index in [1.807, 2.05) is 0 Å². The maximum atomic E-state index is 11.3. The summed E-state index contributed by atoms with van der Waals surface area (Å²) in [4.78, 5) is 22.0. The standard InChI is InChI=1S/C12H21NO3/c1-8-5-3-4-6-10(8)13-11(9(2)14)7-12(15)16/h8,10-11,13H,3-7H2,1-2H3,(H,15,16). The van der Waals surface area contributed by atoms with Crippen LogP contribution in [0.1, 0.15) is 46.0 Å². The molecule has 1 fully saturated rings. The predicted molar refractivity (Wildman–Crippen MR) is 61.3 cm³/mol. The highest BCUT2D eigenvalue weighted by Crippen LogP contribution is 2.24. The second-order valence-corrected chi connectivity index (χ2v) is 4.80. The van der Waals surface area contributed by atoms with Crippen molar-refractivity contribution in [2.45, 2.75) is 58.0 Å². The first kappa shape index (κ1) is 13.2. The lowest BCUT2D eigenvalue weighted by atomic mass is 9.85. The molecule has 0 aromatic carbocycles. The number of ketones is 1. The van der Waals surface area contributed by atoms with Crippen molar-refractivity contribution < 1.29 is 14.7 Å². The Morgan fingerprint density at radius 2 is 2.00 bits per heavy atom. The summed E-state index contributed by atoms with van der Waals surface area (Å²) in [7, 11) is 0. The Morgan fingerprint density at radius 1 is 1.38 bits per heavy atom. The zero-order chi connectivity index (χ0) is 12.1. The lowest BCUT2D eigenvalue weighted by Crippen LogP contribution is -2.47. The van der Waals surface area contributed by atoms with Crippen molar-refractivity contribution in [1.29, 1.82) is 0 Å². The smallest absolute Gasteiger partial charge is 0.305 e. The van der Waals surface area contributed by atoms with Crippen LogP contribution in [-0.2, 0) is 9.59 Å². The zero-order valence-electron chi connectivity index (χ0n) is 10.0. The minimum atomic E-state index is -0.920. The first-order valence-electron chi connectivity index (χ1n) is 5.99. The van der Waals surface area contributed by atoms with Crippen molar-refractivity contribution in [2.24, 2.45) is 5.92 Å². The van der Waals surface area contributed by atoms with Gasteiger partial charge in [-0.1, -0.05) is 19.8 Å². The van der Waals surface area contributed by atoms with Gasteiger partial charge in [-0.05, 0) is 25.7 Å². The molecule has 3 unspecified atom stereocenters. The number of carboxylic acid groups (broad SMARTS) is 1. The molecule has 4 nitrogen and oxygen atoms in total. The fourth-order valence-corrected chi connectivity index (χ4v) is 2.32. The molecule has 92 valence electrons. The maximum absolute atomic E-state index is 11.3. The molecule has 4 heteroatoms. The molecule has 16 heavy (non-hydrogen) atoms. The van der Waals surface area contributed by atoms with E-state index in [2.05, 4.69) is 12.2 Å². The van der Waals surface area contributed by atoms with Crippen molar-refractivity contribution in [3.63, 3.8) is 0 Å². The highest BCUT2D eigenvalue weighted by molar-refractivity contribution is 5.85. The summed E-state index contributed by atoms with van der Waals surface area (Å²) in [6, 6.07) is -0.231. The van der Waals surface area contributed by atoms with E-state index >= 15 is 0 Å². The van der Waals surface area contributed by atoms with Crippen LogP contribution in [0.15, 0.2) is 0 Å². The van der Waals surface area contributed by atoms with Gasteiger partial charge in [0, 0.05) is 6.04 Å². The highest BCUT2D eigenvalue weighted by atomic mass is 16.4. The average Bonchev–Trinajstić information content (AvgIpc) is 2.19. The second kappa shape index (κ2) is 5.99. The molecular weight excluding hydrogens is 206 g/mol. The van der Waals surface area contributed by atoms with Gasteiger partial charge in [0.25, 0.3) is 0 Å². The van der Waals surface area contributed by atoms with Crippen LogP contribution >= 0.6 is 0 Å². The van der Waals surface area contributed by atoms with E-state index < -0.39 is 12.0 Å². The largest absolute Gasteiger partial charge is 0.481 e. The van der Waals surface area contributed by atoms with E-state index in [0.717, 1.165) is 12.8 Å². The molecule has 1 aliphatic rings. The Morgan fingerprint density at radius 3 is 2.50 bits per heavy atom. The molecule has 1 rings (SSSR count). The number of nitrogens with one attached hydrogen (secondary N) is 1. The summed E-state index contributed by atoms with van der Waals surface area (Å²) in [5, 5.41) is 11.9. The Labute approximate surface area is 96.4 Å². The van der Waals surface area contributed by atoms with Crippen molar-refractivity contribution in [3.05, 3.63) is 0 Å². The lowest BCUT2D eigenvalue weighted by Gasteiger charge is -2.32. The van der Waals surface area contributed by atoms with Gasteiger partial charge in [0.15, 0.2) is 0 Å². The molecule has 0 radical (unpaired) electrons. The van der Waals surface area contributed by atoms with Crippen LogP contribution in [0.3, 0.4) is 0 Å². The first-order valence-corrected chi connectivity index (χ1v) is 5.99. The number of rotatable bonds is 5. The maximum Gasteiger partial charge on any atom is 0.305 e. The molecule has 1 aliphatic carbocycles. The van der Waals surface area contributed by atoms with Gasteiger partial charge in [-0.25, -0.2) is 0 Å². The fourth-order valence-electron chi connectivity index (χ4n) is 2.32. The van der Waals surface area contributed by atoms with Crippen LogP contribution in [0.25, 0.3) is 0 Å². The van der Waals surface area contributed by atoms with Gasteiger partial charge in [0.1, 0.15) is 5.78 Å². The summed E-state index contributed by atoms with van der Waals surface area (Å²) in [5.41, 5.74) is 0. The molecule has 1 saturated carbocycles. The molecule has 0 bridgehead atoms. The fraction of sp³-hybridized carbons (Fsp3) is 0.833.